The lowest BCUT2D eigenvalue weighted by Crippen LogP contribution is -2.14. The fraction of sp³-hybridized carbons (Fsp3) is 0.571. The van der Waals surface area contributed by atoms with Gasteiger partial charge in [0.15, 0.2) is 0 Å². The van der Waals surface area contributed by atoms with Gasteiger partial charge in [-0.3, -0.25) is 0 Å². The van der Waals surface area contributed by atoms with Crippen molar-refractivity contribution in [3.63, 3.8) is 0 Å². The Balaban J connectivity index is 2.01. The molecule has 3 rings (SSSR count). The molecule has 1 unspecified atom stereocenters. The summed E-state index contributed by atoms with van der Waals surface area (Å²) in [7, 11) is 1.79. The summed E-state index contributed by atoms with van der Waals surface area (Å²) in [6.07, 6.45) is 6.31. The Morgan fingerprint density at radius 1 is 1.19 bits per heavy atom. The zero-order chi connectivity index (χ0) is 11.0. The van der Waals surface area contributed by atoms with Crippen LogP contribution in [0.3, 0.4) is 0 Å². The van der Waals surface area contributed by atoms with Gasteiger partial charge in [0, 0.05) is 11.6 Å². The smallest absolute Gasteiger partial charge is 0.123 e. The summed E-state index contributed by atoms with van der Waals surface area (Å²) < 4.78 is 5.54. The minimum absolute atomic E-state index is 0.515. The zero-order valence-corrected chi connectivity index (χ0v) is 9.88. The van der Waals surface area contributed by atoms with Gasteiger partial charge in [-0.25, -0.2) is 0 Å². The number of methoxy groups -OCH3 is 1. The first kappa shape index (κ1) is 10.2. The second kappa shape index (κ2) is 4.10. The molecule has 0 saturated carbocycles. The topological polar surface area (TPSA) is 21.3 Å². The molecule has 1 heterocycles. The highest BCUT2D eigenvalue weighted by Gasteiger charge is 2.22. The predicted molar refractivity (Wildman–Crippen MR) is 65.0 cm³/mol. The molecule has 86 valence electrons. The van der Waals surface area contributed by atoms with Crippen LogP contribution < -0.4 is 10.1 Å². The maximum atomic E-state index is 5.54. The number of nitrogens with one attached hydrogen (secondary N) is 1. The summed E-state index contributed by atoms with van der Waals surface area (Å²) in [6, 6.07) is 5.16. The summed E-state index contributed by atoms with van der Waals surface area (Å²) in [5, 5.41) is 3.56. The molecular formula is C14H19NO. The van der Waals surface area contributed by atoms with Crippen LogP contribution in [0, 0.1) is 0 Å². The average molecular weight is 217 g/mol. The van der Waals surface area contributed by atoms with E-state index < -0.39 is 0 Å². The van der Waals surface area contributed by atoms with Gasteiger partial charge in [0.1, 0.15) is 5.75 Å². The predicted octanol–water partition coefficient (Wildman–Crippen LogP) is 2.61. The number of hydrogen-bond acceptors (Lipinski definition) is 2. The summed E-state index contributed by atoms with van der Waals surface area (Å²) in [4.78, 5) is 0. The highest BCUT2D eigenvalue weighted by molar-refractivity contribution is 5.46. The minimum atomic E-state index is 0.515. The van der Waals surface area contributed by atoms with Gasteiger partial charge in [0.05, 0.1) is 7.11 Å². The van der Waals surface area contributed by atoms with Crippen LogP contribution in [0.1, 0.15) is 42.0 Å². The van der Waals surface area contributed by atoms with Crippen molar-refractivity contribution in [1.82, 2.24) is 5.32 Å². The van der Waals surface area contributed by atoms with Crippen molar-refractivity contribution in [3.8, 4) is 5.75 Å². The van der Waals surface area contributed by atoms with Gasteiger partial charge in [-0.2, -0.15) is 0 Å². The van der Waals surface area contributed by atoms with Crippen molar-refractivity contribution in [1.29, 1.82) is 0 Å². The third kappa shape index (κ3) is 1.61. The molecule has 1 saturated heterocycles. The fourth-order valence-corrected chi connectivity index (χ4v) is 3.02. The van der Waals surface area contributed by atoms with Crippen LogP contribution in [-0.2, 0) is 12.8 Å². The molecule has 1 aliphatic heterocycles. The minimum Gasteiger partial charge on any atom is -0.496 e. The highest BCUT2D eigenvalue weighted by atomic mass is 16.5. The number of aryl methyl sites for hydroxylation is 2. The van der Waals surface area contributed by atoms with E-state index in [9.17, 15) is 0 Å². The van der Waals surface area contributed by atoms with Crippen LogP contribution in [-0.4, -0.2) is 13.7 Å². The average Bonchev–Trinajstić information content (AvgIpc) is 2.97. The Hall–Kier alpha value is -1.02. The lowest BCUT2D eigenvalue weighted by Gasteiger charge is -2.17. The molecule has 1 N–H and O–H groups in total. The van der Waals surface area contributed by atoms with E-state index in [1.54, 1.807) is 12.7 Å². The normalized spacial score (nSPS) is 23.4. The number of rotatable bonds is 2. The van der Waals surface area contributed by atoms with Gasteiger partial charge >= 0.3 is 0 Å². The van der Waals surface area contributed by atoms with E-state index in [1.165, 1.54) is 43.2 Å². The van der Waals surface area contributed by atoms with Crippen molar-refractivity contribution in [2.45, 2.75) is 38.1 Å². The van der Waals surface area contributed by atoms with Crippen molar-refractivity contribution < 1.29 is 4.74 Å². The van der Waals surface area contributed by atoms with E-state index in [-0.39, 0.29) is 0 Å². The van der Waals surface area contributed by atoms with Crippen LogP contribution >= 0.6 is 0 Å². The SMILES string of the molecule is COc1cc2c(cc1C1CCCN1)CCC2. The van der Waals surface area contributed by atoms with Gasteiger partial charge in [-0.15, -0.1) is 0 Å². The van der Waals surface area contributed by atoms with Crippen LogP contribution in [0.25, 0.3) is 0 Å². The molecule has 1 aliphatic carbocycles. The Labute approximate surface area is 97.0 Å². The molecule has 2 heteroatoms. The Kier molecular flexibility index (Phi) is 2.60. The lowest BCUT2D eigenvalue weighted by atomic mass is 9.99. The summed E-state index contributed by atoms with van der Waals surface area (Å²) in [5.74, 6) is 1.08. The zero-order valence-electron chi connectivity index (χ0n) is 9.88. The van der Waals surface area contributed by atoms with Gasteiger partial charge in [-0.1, -0.05) is 6.07 Å². The van der Waals surface area contributed by atoms with Crippen LogP contribution in [0.5, 0.6) is 5.75 Å². The highest BCUT2D eigenvalue weighted by Crippen LogP contribution is 2.36. The standard InChI is InChI=1S/C14H19NO/c1-16-14-9-11-5-2-4-10(11)8-12(14)13-6-3-7-15-13/h8-9,13,15H,2-7H2,1H3. The van der Waals surface area contributed by atoms with Crippen molar-refractivity contribution >= 4 is 0 Å². The number of ether oxygens (including phenoxy) is 1. The first-order valence-electron chi connectivity index (χ1n) is 6.31. The maximum Gasteiger partial charge on any atom is 0.123 e. The largest absolute Gasteiger partial charge is 0.496 e. The molecule has 1 aromatic rings. The quantitative estimate of drug-likeness (QED) is 0.822. The molecule has 1 atom stereocenters. The van der Waals surface area contributed by atoms with E-state index in [1.807, 2.05) is 0 Å². The molecule has 0 spiro atoms. The molecule has 1 fully saturated rings. The maximum absolute atomic E-state index is 5.54. The first-order chi connectivity index (χ1) is 7.88. The van der Waals surface area contributed by atoms with E-state index in [2.05, 4.69) is 17.4 Å². The van der Waals surface area contributed by atoms with Crippen LogP contribution in [0.2, 0.25) is 0 Å². The van der Waals surface area contributed by atoms with Crippen molar-refractivity contribution in [2.24, 2.45) is 0 Å². The van der Waals surface area contributed by atoms with E-state index >= 15 is 0 Å². The second-order valence-electron chi connectivity index (χ2n) is 4.87. The van der Waals surface area contributed by atoms with Gasteiger partial charge in [0.2, 0.25) is 0 Å². The summed E-state index contributed by atoms with van der Waals surface area (Å²) in [5.41, 5.74) is 4.42. The molecule has 2 aliphatic rings. The van der Waals surface area contributed by atoms with Gasteiger partial charge < -0.3 is 10.1 Å². The van der Waals surface area contributed by atoms with Crippen molar-refractivity contribution in [2.75, 3.05) is 13.7 Å². The number of hydrogen-bond donors (Lipinski definition) is 1. The van der Waals surface area contributed by atoms with Crippen LogP contribution in [0.4, 0.5) is 0 Å². The third-order valence-electron chi connectivity index (χ3n) is 3.88. The van der Waals surface area contributed by atoms with E-state index in [0.29, 0.717) is 6.04 Å². The molecule has 0 amide bonds. The van der Waals surface area contributed by atoms with E-state index in [4.69, 9.17) is 4.74 Å². The molecular weight excluding hydrogens is 198 g/mol. The lowest BCUT2D eigenvalue weighted by molar-refractivity contribution is 0.403. The number of fused-ring (bicyclic) bond motifs is 1. The molecule has 0 bridgehead atoms. The van der Waals surface area contributed by atoms with Gasteiger partial charge in [-0.05, 0) is 55.8 Å². The third-order valence-corrected chi connectivity index (χ3v) is 3.88. The Morgan fingerprint density at radius 3 is 2.69 bits per heavy atom. The Bertz CT molecular complexity index is 394. The van der Waals surface area contributed by atoms with Crippen LogP contribution in [0.15, 0.2) is 12.1 Å². The second-order valence-corrected chi connectivity index (χ2v) is 4.87. The van der Waals surface area contributed by atoms with Crippen molar-refractivity contribution in [3.05, 3.63) is 28.8 Å². The fourth-order valence-electron chi connectivity index (χ4n) is 3.02. The molecule has 16 heavy (non-hydrogen) atoms. The van der Waals surface area contributed by atoms with Gasteiger partial charge in [0.25, 0.3) is 0 Å². The molecule has 1 aromatic carbocycles. The Morgan fingerprint density at radius 2 is 2.00 bits per heavy atom. The summed E-state index contributed by atoms with van der Waals surface area (Å²) in [6.45, 7) is 1.14. The molecule has 0 aromatic heterocycles. The molecule has 0 radical (unpaired) electrons. The number of benzene rings is 1. The van der Waals surface area contributed by atoms with E-state index in [0.717, 1.165) is 12.3 Å². The first-order valence-corrected chi connectivity index (χ1v) is 6.31. The molecule has 2 nitrogen and oxygen atoms in total. The monoisotopic (exact) mass is 217 g/mol. The summed E-state index contributed by atoms with van der Waals surface area (Å²) >= 11 is 0.